The van der Waals surface area contributed by atoms with E-state index in [2.05, 4.69) is 20.1 Å². The van der Waals surface area contributed by atoms with Crippen LogP contribution in [0.25, 0.3) is 0 Å². The van der Waals surface area contributed by atoms with Crippen molar-refractivity contribution >= 4 is 0 Å². The molecule has 2 unspecified atom stereocenters. The van der Waals surface area contributed by atoms with Gasteiger partial charge < -0.3 is 0 Å². The van der Waals surface area contributed by atoms with Gasteiger partial charge in [-0.3, -0.25) is 0 Å². The second-order valence-corrected chi connectivity index (χ2v) is 5.82. The Morgan fingerprint density at radius 3 is 1.80 bits per heavy atom. The first kappa shape index (κ1) is 16.9. The van der Waals surface area contributed by atoms with Gasteiger partial charge in [0.2, 0.25) is 0 Å². The summed E-state index contributed by atoms with van der Waals surface area (Å²) in [4.78, 5) is 0. The molecule has 2 aliphatic rings. The summed E-state index contributed by atoms with van der Waals surface area (Å²) >= 11 is 0. The maximum atomic E-state index is 12.9. The second-order valence-electron chi connectivity index (χ2n) is 5.82. The van der Waals surface area contributed by atoms with E-state index in [-0.39, 0.29) is 5.82 Å². The van der Waals surface area contributed by atoms with E-state index in [4.69, 9.17) is 0 Å². The Bertz CT molecular complexity index is 367. The van der Waals surface area contributed by atoms with Gasteiger partial charge in [0.15, 0.2) is 0 Å². The smallest absolute Gasteiger partial charge is 0.123 e. The third-order valence-electron chi connectivity index (χ3n) is 4.59. The van der Waals surface area contributed by atoms with Crippen LogP contribution in [0.15, 0.2) is 37.4 Å². The van der Waals surface area contributed by atoms with E-state index in [9.17, 15) is 4.39 Å². The molecule has 0 amide bonds. The predicted octanol–water partition coefficient (Wildman–Crippen LogP) is 6.19. The molecule has 0 aromatic heterocycles. The zero-order chi connectivity index (χ0) is 15.1. The highest BCUT2D eigenvalue weighted by Crippen LogP contribution is 2.52. The van der Waals surface area contributed by atoms with Gasteiger partial charge in [-0.25, -0.2) is 4.39 Å². The Morgan fingerprint density at radius 2 is 1.35 bits per heavy atom. The molecule has 20 heavy (non-hydrogen) atoms. The molecule has 0 heterocycles. The van der Waals surface area contributed by atoms with Crippen LogP contribution >= 0.6 is 0 Å². The van der Waals surface area contributed by atoms with Crippen LogP contribution in [0.2, 0.25) is 0 Å². The topological polar surface area (TPSA) is 0 Å². The summed E-state index contributed by atoms with van der Waals surface area (Å²) in [5.74, 6) is 3.41. The van der Waals surface area contributed by atoms with E-state index >= 15 is 0 Å². The lowest BCUT2D eigenvalue weighted by molar-refractivity contribution is 0.457. The van der Waals surface area contributed by atoms with Gasteiger partial charge >= 0.3 is 0 Å². The van der Waals surface area contributed by atoms with Crippen LogP contribution in [0.5, 0.6) is 0 Å². The number of fused-ring (bicyclic) bond motifs is 1. The van der Waals surface area contributed by atoms with E-state index in [1.165, 1.54) is 31.2 Å². The summed E-state index contributed by atoms with van der Waals surface area (Å²) in [5.41, 5.74) is 1.35. The van der Waals surface area contributed by atoms with Gasteiger partial charge in [0.05, 0.1) is 0 Å². The van der Waals surface area contributed by atoms with Crippen LogP contribution in [-0.4, -0.2) is 0 Å². The first-order valence-electron chi connectivity index (χ1n) is 7.98. The summed E-state index contributed by atoms with van der Waals surface area (Å²) in [5, 5.41) is 0. The van der Waals surface area contributed by atoms with E-state index < -0.39 is 0 Å². The Balaban J connectivity index is 0.000000461. The third kappa shape index (κ3) is 3.94. The molecule has 2 saturated carbocycles. The van der Waals surface area contributed by atoms with Crippen LogP contribution in [0, 0.1) is 23.6 Å². The van der Waals surface area contributed by atoms with Crippen molar-refractivity contribution in [1.29, 1.82) is 0 Å². The summed E-state index contributed by atoms with van der Waals surface area (Å²) in [7, 11) is 0. The maximum absolute atomic E-state index is 12.9. The number of rotatable bonds is 1. The van der Waals surface area contributed by atoms with Gasteiger partial charge in [-0.15, -0.1) is 13.2 Å². The highest BCUT2D eigenvalue weighted by Gasteiger charge is 2.40. The molecule has 0 nitrogen and oxygen atoms in total. The molecule has 1 aromatic rings. The molecule has 2 fully saturated rings. The molecule has 0 aliphatic heterocycles. The van der Waals surface area contributed by atoms with Gasteiger partial charge in [-0.2, -0.15) is 0 Å². The van der Waals surface area contributed by atoms with Crippen LogP contribution in [0.4, 0.5) is 4.39 Å². The van der Waals surface area contributed by atoms with E-state index in [0.29, 0.717) is 5.92 Å². The highest BCUT2D eigenvalue weighted by molar-refractivity contribution is 5.22. The maximum Gasteiger partial charge on any atom is 0.123 e. The molecular formula is C19H29F. The van der Waals surface area contributed by atoms with Gasteiger partial charge in [-0.1, -0.05) is 32.9 Å². The molecule has 0 N–H and O–H groups in total. The lowest BCUT2D eigenvalue weighted by Crippen LogP contribution is -1.97. The Labute approximate surface area is 124 Å². The second kappa shape index (κ2) is 8.24. The van der Waals surface area contributed by atoms with Gasteiger partial charge in [0.1, 0.15) is 5.82 Å². The first-order valence-corrected chi connectivity index (χ1v) is 7.98. The van der Waals surface area contributed by atoms with Crippen molar-refractivity contribution in [2.24, 2.45) is 17.8 Å². The molecule has 2 aliphatic carbocycles. The first-order chi connectivity index (χ1) is 9.72. The monoisotopic (exact) mass is 276 g/mol. The average molecular weight is 276 g/mol. The minimum atomic E-state index is -0.115. The highest BCUT2D eigenvalue weighted by atomic mass is 19.1. The van der Waals surface area contributed by atoms with Gasteiger partial charge in [-0.05, 0) is 67.1 Å². The molecule has 0 saturated heterocycles. The summed E-state index contributed by atoms with van der Waals surface area (Å²) in [6.45, 7) is 12.4. The fourth-order valence-corrected chi connectivity index (χ4v) is 3.93. The van der Waals surface area contributed by atoms with Crippen molar-refractivity contribution in [3.8, 4) is 0 Å². The zero-order valence-corrected chi connectivity index (χ0v) is 13.2. The van der Waals surface area contributed by atoms with Crippen molar-refractivity contribution < 1.29 is 4.39 Å². The molecular weight excluding hydrogens is 247 g/mol. The summed E-state index contributed by atoms with van der Waals surface area (Å²) in [6, 6.07) is 7.16. The van der Waals surface area contributed by atoms with E-state index in [0.717, 1.165) is 17.8 Å². The lowest BCUT2D eigenvalue weighted by Gasteiger charge is -2.12. The van der Waals surface area contributed by atoms with E-state index in [1.54, 1.807) is 12.1 Å². The molecule has 0 radical (unpaired) electrons. The van der Waals surface area contributed by atoms with Crippen molar-refractivity contribution in [2.45, 2.75) is 52.4 Å². The normalized spacial score (nSPS) is 30.6. The molecule has 0 spiro atoms. The lowest BCUT2D eigenvalue weighted by atomic mass is 9.93. The van der Waals surface area contributed by atoms with Crippen LogP contribution in [0.3, 0.4) is 0 Å². The summed E-state index contributed by atoms with van der Waals surface area (Å²) in [6.07, 6.45) is 5.51. The van der Waals surface area contributed by atoms with Crippen LogP contribution in [0.1, 0.15) is 57.9 Å². The quantitative estimate of drug-likeness (QED) is 0.536. The predicted molar refractivity (Wildman–Crippen MR) is 86.4 cm³/mol. The van der Waals surface area contributed by atoms with Crippen molar-refractivity contribution in [2.75, 3.05) is 0 Å². The van der Waals surface area contributed by atoms with Crippen molar-refractivity contribution in [1.82, 2.24) is 0 Å². The minimum Gasteiger partial charge on any atom is -0.207 e. The Hall–Kier alpha value is -1.11. The molecule has 112 valence electrons. The van der Waals surface area contributed by atoms with Crippen LogP contribution < -0.4 is 0 Å². The molecule has 0 bridgehead atoms. The fraction of sp³-hybridized carbons (Fsp3) is 0.579. The van der Waals surface area contributed by atoms with Gasteiger partial charge in [0, 0.05) is 0 Å². The molecule has 1 heteroatoms. The standard InChI is InChI=1S/C15H19F.C2H6.C2H4/c1-10-6-12-8-14(9-13(12)7-10)11-2-4-15(16)5-3-11;2*1-2/h2-5,10,12-14H,6-9H2,1H3;1-2H3;1-2H2. The number of halogens is 1. The number of hydrogen-bond donors (Lipinski definition) is 0. The third-order valence-corrected chi connectivity index (χ3v) is 4.59. The molecule has 2 atom stereocenters. The number of hydrogen-bond acceptors (Lipinski definition) is 0. The van der Waals surface area contributed by atoms with Gasteiger partial charge in [0.25, 0.3) is 0 Å². The van der Waals surface area contributed by atoms with Crippen molar-refractivity contribution in [3.63, 3.8) is 0 Å². The fourth-order valence-electron chi connectivity index (χ4n) is 3.93. The van der Waals surface area contributed by atoms with E-state index in [1.807, 2.05) is 26.0 Å². The number of benzene rings is 1. The van der Waals surface area contributed by atoms with Crippen LogP contribution in [-0.2, 0) is 0 Å². The zero-order valence-electron chi connectivity index (χ0n) is 13.2. The molecule has 3 rings (SSSR count). The minimum absolute atomic E-state index is 0.115. The SMILES string of the molecule is C=C.CC.CC1CC2CC(c3ccc(F)cc3)CC2C1. The Kier molecular flexibility index (Phi) is 6.98. The largest absolute Gasteiger partial charge is 0.207 e. The van der Waals surface area contributed by atoms with Crippen molar-refractivity contribution in [3.05, 3.63) is 48.8 Å². The summed E-state index contributed by atoms with van der Waals surface area (Å²) < 4.78 is 12.9. The Morgan fingerprint density at radius 1 is 0.900 bits per heavy atom. The average Bonchev–Trinajstić information content (AvgIpc) is 3.01. The molecule has 1 aromatic carbocycles.